The molecule has 0 aliphatic carbocycles. The van der Waals surface area contributed by atoms with Gasteiger partial charge in [0.1, 0.15) is 11.0 Å². The average Bonchev–Trinajstić information content (AvgIpc) is 4.02. The fourth-order valence-electron chi connectivity index (χ4n) is 9.27. The van der Waals surface area contributed by atoms with Crippen molar-refractivity contribution in [2.75, 3.05) is 4.90 Å². The van der Waals surface area contributed by atoms with E-state index >= 15 is 0 Å². The summed E-state index contributed by atoms with van der Waals surface area (Å²) in [6.45, 7) is 0. The fraction of sp³-hybridized carbons (Fsp3) is 0. The van der Waals surface area contributed by atoms with Crippen LogP contribution in [0.2, 0.25) is 0 Å². The molecule has 0 saturated carbocycles. The van der Waals surface area contributed by atoms with Crippen molar-refractivity contribution in [1.82, 2.24) is 13.3 Å². The molecule has 65 heavy (non-hydrogen) atoms. The number of nitrogens with zero attached hydrogens (tertiary/aromatic N) is 4. The van der Waals surface area contributed by atoms with Crippen molar-refractivity contribution in [3.05, 3.63) is 243 Å². The van der Waals surface area contributed by atoms with Crippen molar-refractivity contribution in [3.8, 4) is 61.3 Å². The van der Waals surface area contributed by atoms with Crippen molar-refractivity contribution in [2.45, 2.75) is 0 Å². The third kappa shape index (κ3) is 7.05. The fourth-order valence-corrected chi connectivity index (χ4v) is 9.84. The summed E-state index contributed by atoms with van der Waals surface area (Å²) in [5, 5.41) is 2.45. The molecule has 0 saturated heterocycles. The number of aromatic nitrogens is 3. The highest BCUT2D eigenvalue weighted by Gasteiger charge is 2.21. The Kier molecular flexibility index (Phi) is 9.66. The number of fused-ring (bicyclic) bond motifs is 4. The number of benzene rings is 10. The molecule has 0 aliphatic rings. The quantitative estimate of drug-likeness (QED) is 0.145. The van der Waals surface area contributed by atoms with Crippen molar-refractivity contribution >= 4 is 61.6 Å². The first-order valence-electron chi connectivity index (χ1n) is 21.9. The minimum absolute atomic E-state index is 0.863. The Morgan fingerprint density at radius 2 is 0.708 bits per heavy atom. The van der Waals surface area contributed by atoms with Gasteiger partial charge in [-0.15, -0.1) is 0 Å². The van der Waals surface area contributed by atoms with E-state index in [1.807, 2.05) is 0 Å². The Labute approximate surface area is 381 Å². The van der Waals surface area contributed by atoms with Gasteiger partial charge in [0.25, 0.3) is 0 Å². The molecule has 2 aromatic heterocycles. The third-order valence-electron chi connectivity index (χ3n) is 12.5. The molecule has 5 heteroatoms. The molecular formula is C60H40N4S. The van der Waals surface area contributed by atoms with Gasteiger partial charge in [-0.1, -0.05) is 170 Å². The molecule has 0 amide bonds. The maximum absolute atomic E-state index is 4.98. The lowest BCUT2D eigenvalue weighted by molar-refractivity contribution is 1.18. The molecule has 0 bridgehead atoms. The monoisotopic (exact) mass is 848 g/mol. The number of rotatable bonds is 9. The van der Waals surface area contributed by atoms with E-state index in [4.69, 9.17) is 8.75 Å². The number of hydrogen-bond donors (Lipinski definition) is 0. The number of anilines is 3. The van der Waals surface area contributed by atoms with Crippen LogP contribution in [0.4, 0.5) is 17.1 Å². The molecule has 0 fully saturated rings. The van der Waals surface area contributed by atoms with E-state index in [9.17, 15) is 0 Å². The van der Waals surface area contributed by atoms with Gasteiger partial charge < -0.3 is 9.47 Å². The second-order valence-corrected chi connectivity index (χ2v) is 16.9. The van der Waals surface area contributed by atoms with Gasteiger partial charge in [-0.05, 0) is 123 Å². The molecule has 10 aromatic carbocycles. The summed E-state index contributed by atoms with van der Waals surface area (Å²) in [6.07, 6.45) is 0. The lowest BCUT2D eigenvalue weighted by atomic mass is 10.0. The van der Waals surface area contributed by atoms with Crippen LogP contribution in [-0.4, -0.2) is 13.3 Å². The van der Waals surface area contributed by atoms with Crippen LogP contribution in [0.15, 0.2) is 243 Å². The molecular weight excluding hydrogens is 809 g/mol. The van der Waals surface area contributed by atoms with Crippen molar-refractivity contribution < 1.29 is 0 Å². The van der Waals surface area contributed by atoms with Crippen LogP contribution < -0.4 is 4.90 Å². The van der Waals surface area contributed by atoms with Crippen LogP contribution >= 0.6 is 11.7 Å². The van der Waals surface area contributed by atoms with E-state index in [-0.39, 0.29) is 0 Å². The molecule has 0 unspecified atom stereocenters. The Morgan fingerprint density at radius 1 is 0.323 bits per heavy atom. The maximum Gasteiger partial charge on any atom is 0.129 e. The Balaban J connectivity index is 0.942. The van der Waals surface area contributed by atoms with Crippen molar-refractivity contribution in [3.63, 3.8) is 0 Å². The summed E-state index contributed by atoms with van der Waals surface area (Å²) < 4.78 is 12.3. The van der Waals surface area contributed by atoms with E-state index in [0.717, 1.165) is 44.9 Å². The van der Waals surface area contributed by atoms with Gasteiger partial charge in [0.15, 0.2) is 0 Å². The van der Waals surface area contributed by atoms with Crippen LogP contribution in [-0.2, 0) is 0 Å². The number of hydrogen-bond acceptors (Lipinski definition) is 4. The second kappa shape index (κ2) is 16.4. The predicted octanol–water partition coefficient (Wildman–Crippen LogP) is 16.6. The molecule has 4 nitrogen and oxygen atoms in total. The summed E-state index contributed by atoms with van der Waals surface area (Å²) in [5.74, 6) is 0. The summed E-state index contributed by atoms with van der Waals surface area (Å²) >= 11 is 1.26. The summed E-state index contributed by atoms with van der Waals surface area (Å²) in [5.41, 5.74) is 19.9. The zero-order valence-corrected chi connectivity index (χ0v) is 36.1. The summed E-state index contributed by atoms with van der Waals surface area (Å²) in [4.78, 5) is 2.30. The molecule has 0 spiro atoms. The Morgan fingerprint density at radius 3 is 1.17 bits per heavy atom. The highest BCUT2D eigenvalue weighted by atomic mass is 32.1. The molecule has 12 aromatic rings. The largest absolute Gasteiger partial charge is 0.309 e. The molecule has 306 valence electrons. The zero-order valence-electron chi connectivity index (χ0n) is 35.3. The smallest absolute Gasteiger partial charge is 0.129 e. The van der Waals surface area contributed by atoms with Crippen LogP contribution in [0.1, 0.15) is 0 Å². The van der Waals surface area contributed by atoms with E-state index in [1.54, 1.807) is 0 Å². The van der Waals surface area contributed by atoms with E-state index in [1.165, 1.54) is 78.0 Å². The molecule has 0 aliphatic heterocycles. The van der Waals surface area contributed by atoms with Gasteiger partial charge in [-0.3, -0.25) is 0 Å². The highest BCUT2D eigenvalue weighted by Crippen LogP contribution is 2.43. The van der Waals surface area contributed by atoms with Gasteiger partial charge in [0.2, 0.25) is 0 Å². The zero-order chi connectivity index (χ0) is 43.1. The first-order chi connectivity index (χ1) is 32.2. The van der Waals surface area contributed by atoms with Gasteiger partial charge in [0.05, 0.1) is 28.4 Å². The first-order valence-corrected chi connectivity index (χ1v) is 22.6. The average molecular weight is 849 g/mol. The van der Waals surface area contributed by atoms with Crippen LogP contribution in [0, 0.1) is 0 Å². The van der Waals surface area contributed by atoms with E-state index in [2.05, 4.69) is 252 Å². The summed E-state index contributed by atoms with van der Waals surface area (Å²) in [6, 6.07) is 86.9. The predicted molar refractivity (Wildman–Crippen MR) is 274 cm³/mol. The topological polar surface area (TPSA) is 34.0 Å². The molecule has 0 atom stereocenters. The van der Waals surface area contributed by atoms with Crippen molar-refractivity contribution in [2.24, 2.45) is 0 Å². The van der Waals surface area contributed by atoms with E-state index < -0.39 is 0 Å². The standard InChI is InChI=1S/C60H40N4S/c1-5-13-41(14-6-1)45-21-29-50(30-22-45)63(51-31-23-46(24-32-51)42-15-7-2-8-16-42)58-38-35-53(59-60(58)62-65-61-59)47-25-33-52(34-26-47)64-56-36-27-48(43-17-9-3-10-18-43)39-54(56)55-40-49(28-37-57(55)64)44-19-11-4-12-20-44/h1-40H. The normalized spacial score (nSPS) is 11.4. The SMILES string of the molecule is c1ccc(-c2ccc(N(c3ccc(-c4ccccc4)cc3)c3ccc(-c4ccc(-n5c6ccc(-c7ccccc7)cc6c6cc(-c7ccccc7)ccc65)cc4)c4nsnc34)cc2)cc1. The van der Waals surface area contributed by atoms with Gasteiger partial charge in [-0.25, -0.2) is 0 Å². The van der Waals surface area contributed by atoms with Gasteiger partial charge >= 0.3 is 0 Å². The molecule has 0 radical (unpaired) electrons. The van der Waals surface area contributed by atoms with Gasteiger partial charge in [-0.2, -0.15) is 8.75 Å². The lowest BCUT2D eigenvalue weighted by Gasteiger charge is -2.26. The summed E-state index contributed by atoms with van der Waals surface area (Å²) in [7, 11) is 0. The van der Waals surface area contributed by atoms with E-state index in [0.29, 0.717) is 0 Å². The first kappa shape index (κ1) is 38.3. The molecule has 2 heterocycles. The Hall–Kier alpha value is -8.38. The lowest BCUT2D eigenvalue weighted by Crippen LogP contribution is -2.10. The highest BCUT2D eigenvalue weighted by molar-refractivity contribution is 7.00. The minimum Gasteiger partial charge on any atom is -0.309 e. The molecule has 12 rings (SSSR count). The van der Waals surface area contributed by atoms with Crippen LogP contribution in [0.3, 0.4) is 0 Å². The van der Waals surface area contributed by atoms with Crippen LogP contribution in [0.5, 0.6) is 0 Å². The van der Waals surface area contributed by atoms with Crippen molar-refractivity contribution in [1.29, 1.82) is 0 Å². The minimum atomic E-state index is 0.863. The van der Waals surface area contributed by atoms with Gasteiger partial charge in [0, 0.05) is 33.4 Å². The third-order valence-corrected chi connectivity index (χ3v) is 13.0. The maximum atomic E-state index is 4.98. The Bertz CT molecular complexity index is 3420. The van der Waals surface area contributed by atoms with Crippen LogP contribution in [0.25, 0.3) is 94.2 Å². The second-order valence-electron chi connectivity index (χ2n) is 16.3. The molecule has 0 N–H and O–H groups in total.